The van der Waals surface area contributed by atoms with Crippen molar-refractivity contribution in [1.29, 1.82) is 0 Å². The number of amides is 1. The Labute approximate surface area is 142 Å². The van der Waals surface area contributed by atoms with Gasteiger partial charge in [-0.1, -0.05) is 11.6 Å². The first-order valence-electron chi connectivity index (χ1n) is 7.32. The summed E-state index contributed by atoms with van der Waals surface area (Å²) in [5, 5.41) is 3.45. The maximum atomic E-state index is 13.3. The van der Waals surface area contributed by atoms with E-state index in [4.69, 9.17) is 11.6 Å². The number of carbonyl (C=O) groups is 1. The molecule has 0 aliphatic rings. The summed E-state index contributed by atoms with van der Waals surface area (Å²) in [7, 11) is 0. The lowest BCUT2D eigenvalue weighted by Crippen LogP contribution is -2.34. The van der Waals surface area contributed by atoms with Crippen LogP contribution in [0.3, 0.4) is 0 Å². The van der Waals surface area contributed by atoms with E-state index in [-0.39, 0.29) is 16.7 Å². The van der Waals surface area contributed by atoms with Gasteiger partial charge in [-0.2, -0.15) is 0 Å². The summed E-state index contributed by atoms with van der Waals surface area (Å²) in [6.45, 7) is 3.53. The van der Waals surface area contributed by atoms with Crippen molar-refractivity contribution < 1.29 is 13.6 Å². The van der Waals surface area contributed by atoms with Crippen molar-refractivity contribution in [2.24, 2.45) is 0 Å². The van der Waals surface area contributed by atoms with E-state index in [0.29, 0.717) is 11.2 Å². The zero-order valence-corrected chi connectivity index (χ0v) is 13.8. The van der Waals surface area contributed by atoms with Gasteiger partial charge in [-0.3, -0.25) is 4.79 Å². The van der Waals surface area contributed by atoms with Crippen LogP contribution in [0.1, 0.15) is 19.4 Å². The quantitative estimate of drug-likeness (QED) is 0.686. The third-order valence-electron chi connectivity index (χ3n) is 4.06. The number of halogens is 3. The average Bonchev–Trinajstić information content (AvgIpc) is 2.94. The fourth-order valence-corrected chi connectivity index (χ4v) is 2.78. The SMILES string of the molecule is CC(C)(C(=O)Nc1ccc(F)c(Cl)c1)c1c[nH]c2cc(F)ccc12. The Hall–Kier alpha value is -2.40. The molecule has 0 spiro atoms. The molecule has 0 bridgehead atoms. The minimum Gasteiger partial charge on any atom is -0.361 e. The number of anilines is 1. The lowest BCUT2D eigenvalue weighted by Gasteiger charge is -2.23. The van der Waals surface area contributed by atoms with Crippen molar-refractivity contribution in [3.63, 3.8) is 0 Å². The number of benzene rings is 2. The molecule has 124 valence electrons. The maximum Gasteiger partial charge on any atom is 0.234 e. The molecule has 0 aliphatic carbocycles. The first kappa shape index (κ1) is 16.5. The molecule has 2 N–H and O–H groups in total. The standard InChI is InChI=1S/C18H15ClF2N2O/c1-18(2,13-9-22-16-7-10(20)3-5-12(13)16)17(24)23-11-4-6-15(21)14(19)8-11/h3-9,22H,1-2H3,(H,23,24). The molecule has 0 atom stereocenters. The Morgan fingerprint density at radius 1 is 1.17 bits per heavy atom. The van der Waals surface area contributed by atoms with Crippen LogP contribution >= 0.6 is 11.6 Å². The first-order valence-corrected chi connectivity index (χ1v) is 7.70. The molecular formula is C18H15ClF2N2O. The topological polar surface area (TPSA) is 44.9 Å². The summed E-state index contributed by atoms with van der Waals surface area (Å²) in [6, 6.07) is 8.37. The smallest absolute Gasteiger partial charge is 0.234 e. The Morgan fingerprint density at radius 2 is 1.92 bits per heavy atom. The third kappa shape index (κ3) is 2.87. The van der Waals surface area contributed by atoms with Crippen molar-refractivity contribution in [2.75, 3.05) is 5.32 Å². The van der Waals surface area contributed by atoms with Crippen LogP contribution in [0.5, 0.6) is 0 Å². The number of nitrogens with one attached hydrogen (secondary N) is 2. The van der Waals surface area contributed by atoms with Gasteiger partial charge >= 0.3 is 0 Å². The average molecular weight is 349 g/mol. The third-order valence-corrected chi connectivity index (χ3v) is 4.35. The fraction of sp³-hybridized carbons (Fsp3) is 0.167. The molecule has 2 aromatic carbocycles. The van der Waals surface area contributed by atoms with Gasteiger partial charge in [-0.15, -0.1) is 0 Å². The molecule has 6 heteroatoms. The molecule has 0 radical (unpaired) electrons. The van der Waals surface area contributed by atoms with Gasteiger partial charge < -0.3 is 10.3 Å². The molecule has 1 heterocycles. The fourth-order valence-electron chi connectivity index (χ4n) is 2.60. The van der Waals surface area contributed by atoms with E-state index in [2.05, 4.69) is 10.3 Å². The molecule has 3 nitrogen and oxygen atoms in total. The van der Waals surface area contributed by atoms with Gasteiger partial charge in [0.05, 0.1) is 10.4 Å². The predicted molar refractivity (Wildman–Crippen MR) is 91.3 cm³/mol. The van der Waals surface area contributed by atoms with Crippen LogP contribution in [-0.4, -0.2) is 10.9 Å². The Bertz CT molecular complexity index is 934. The zero-order valence-electron chi connectivity index (χ0n) is 13.1. The van der Waals surface area contributed by atoms with Crippen LogP contribution in [0.15, 0.2) is 42.6 Å². The second kappa shape index (κ2) is 5.91. The highest BCUT2D eigenvalue weighted by molar-refractivity contribution is 6.31. The number of hydrogen-bond donors (Lipinski definition) is 2. The summed E-state index contributed by atoms with van der Waals surface area (Å²) in [4.78, 5) is 15.7. The minimum atomic E-state index is -0.892. The lowest BCUT2D eigenvalue weighted by molar-refractivity contribution is -0.120. The van der Waals surface area contributed by atoms with Gasteiger partial charge in [0, 0.05) is 22.8 Å². The van der Waals surface area contributed by atoms with Crippen LogP contribution in [-0.2, 0) is 10.2 Å². The first-order chi connectivity index (χ1) is 11.3. The highest BCUT2D eigenvalue weighted by Crippen LogP contribution is 2.32. The number of aromatic amines is 1. The van der Waals surface area contributed by atoms with E-state index in [1.54, 1.807) is 26.1 Å². The molecule has 3 rings (SSSR count). The molecule has 0 saturated carbocycles. The second-order valence-corrected chi connectivity index (χ2v) is 6.51. The van der Waals surface area contributed by atoms with Gasteiger partial charge in [0.15, 0.2) is 0 Å². The minimum absolute atomic E-state index is 0.0619. The second-order valence-electron chi connectivity index (χ2n) is 6.10. The Morgan fingerprint density at radius 3 is 2.62 bits per heavy atom. The molecule has 1 amide bonds. The van der Waals surface area contributed by atoms with Crippen molar-refractivity contribution in [2.45, 2.75) is 19.3 Å². The van der Waals surface area contributed by atoms with E-state index in [9.17, 15) is 13.6 Å². The van der Waals surface area contributed by atoms with Crippen LogP contribution < -0.4 is 5.32 Å². The summed E-state index contributed by atoms with van der Waals surface area (Å²) < 4.78 is 26.5. The maximum absolute atomic E-state index is 13.3. The normalized spacial score (nSPS) is 11.7. The molecule has 0 saturated heterocycles. The summed E-state index contributed by atoms with van der Waals surface area (Å²) in [6.07, 6.45) is 1.70. The summed E-state index contributed by atoms with van der Waals surface area (Å²) in [5.41, 5.74) is 0.876. The van der Waals surface area contributed by atoms with Gasteiger partial charge in [-0.05, 0) is 55.8 Å². The van der Waals surface area contributed by atoms with Crippen LogP contribution in [0.25, 0.3) is 10.9 Å². The Kier molecular flexibility index (Phi) is 4.05. The van der Waals surface area contributed by atoms with E-state index >= 15 is 0 Å². The van der Waals surface area contributed by atoms with Crippen molar-refractivity contribution in [3.8, 4) is 0 Å². The van der Waals surface area contributed by atoms with Gasteiger partial charge in [0.2, 0.25) is 5.91 Å². The monoisotopic (exact) mass is 348 g/mol. The van der Waals surface area contributed by atoms with E-state index in [1.165, 1.54) is 30.3 Å². The molecule has 24 heavy (non-hydrogen) atoms. The van der Waals surface area contributed by atoms with Gasteiger partial charge in [0.25, 0.3) is 0 Å². The van der Waals surface area contributed by atoms with E-state index in [1.807, 2.05) is 0 Å². The molecule has 3 aromatic rings. The molecule has 0 aliphatic heterocycles. The zero-order chi connectivity index (χ0) is 17.5. The summed E-state index contributed by atoms with van der Waals surface area (Å²) >= 11 is 5.74. The van der Waals surface area contributed by atoms with E-state index < -0.39 is 11.2 Å². The van der Waals surface area contributed by atoms with Crippen LogP contribution in [0.4, 0.5) is 14.5 Å². The predicted octanol–water partition coefficient (Wildman–Crippen LogP) is 5.02. The van der Waals surface area contributed by atoms with Gasteiger partial charge in [-0.25, -0.2) is 8.78 Å². The van der Waals surface area contributed by atoms with Crippen molar-refractivity contribution in [3.05, 3.63) is 64.8 Å². The van der Waals surface area contributed by atoms with Gasteiger partial charge in [0.1, 0.15) is 11.6 Å². The largest absolute Gasteiger partial charge is 0.361 e. The molecule has 0 fully saturated rings. The highest BCUT2D eigenvalue weighted by atomic mass is 35.5. The number of hydrogen-bond acceptors (Lipinski definition) is 1. The molecule has 0 unspecified atom stereocenters. The number of H-pyrrole nitrogens is 1. The lowest BCUT2D eigenvalue weighted by atomic mass is 9.83. The van der Waals surface area contributed by atoms with Crippen LogP contribution in [0.2, 0.25) is 5.02 Å². The van der Waals surface area contributed by atoms with Crippen molar-refractivity contribution >= 4 is 34.1 Å². The van der Waals surface area contributed by atoms with Crippen LogP contribution in [0, 0.1) is 11.6 Å². The number of carbonyl (C=O) groups excluding carboxylic acids is 1. The van der Waals surface area contributed by atoms with E-state index in [0.717, 1.165) is 10.9 Å². The Balaban J connectivity index is 1.93. The highest BCUT2D eigenvalue weighted by Gasteiger charge is 2.32. The number of aromatic nitrogens is 1. The molecular weight excluding hydrogens is 334 g/mol. The number of rotatable bonds is 3. The molecule has 1 aromatic heterocycles. The van der Waals surface area contributed by atoms with Crippen molar-refractivity contribution in [1.82, 2.24) is 4.98 Å². The number of fused-ring (bicyclic) bond motifs is 1. The summed E-state index contributed by atoms with van der Waals surface area (Å²) in [5.74, 6) is -1.18.